The molecule has 1 unspecified atom stereocenters. The molecule has 2 N–H and O–H groups in total. The van der Waals surface area contributed by atoms with E-state index in [1.807, 2.05) is 31.5 Å². The molecule has 7 nitrogen and oxygen atoms in total. The van der Waals surface area contributed by atoms with Gasteiger partial charge in [0.05, 0.1) is 5.69 Å². The monoisotopic (exact) mass is 398 g/mol. The highest BCUT2D eigenvalue weighted by Gasteiger charge is 2.43. The lowest BCUT2D eigenvalue weighted by atomic mass is 9.95. The molecule has 0 radical (unpaired) electrons. The third kappa shape index (κ3) is 4.29. The molecule has 1 amide bonds. The van der Waals surface area contributed by atoms with Crippen LogP contribution in [0.1, 0.15) is 64.7 Å². The zero-order valence-corrected chi connectivity index (χ0v) is 17.5. The summed E-state index contributed by atoms with van der Waals surface area (Å²) in [6, 6.07) is 3.92. The Morgan fingerprint density at radius 3 is 2.72 bits per heavy atom. The highest BCUT2D eigenvalue weighted by Crippen LogP contribution is 2.46. The van der Waals surface area contributed by atoms with Crippen LogP contribution in [0.15, 0.2) is 21.3 Å². The minimum Gasteiger partial charge on any atom is -0.427 e. The lowest BCUT2D eigenvalue weighted by Gasteiger charge is -2.22. The number of carbonyl (C=O) groups excluding carboxylic acids is 1. The first-order valence-electron chi connectivity index (χ1n) is 10.5. The fourth-order valence-electron chi connectivity index (χ4n) is 4.28. The molecule has 1 aliphatic heterocycles. The van der Waals surface area contributed by atoms with Gasteiger partial charge < -0.3 is 15.1 Å². The molecule has 1 saturated heterocycles. The predicted octanol–water partition coefficient (Wildman–Crippen LogP) is 2.44. The molecule has 0 spiro atoms. The number of amides is 1. The van der Waals surface area contributed by atoms with Crippen LogP contribution >= 0.6 is 0 Å². The van der Waals surface area contributed by atoms with Crippen LogP contribution in [-0.2, 0) is 6.54 Å². The first kappa shape index (κ1) is 19.9. The van der Waals surface area contributed by atoms with E-state index >= 15 is 0 Å². The molecule has 2 fully saturated rings. The van der Waals surface area contributed by atoms with Crippen molar-refractivity contribution in [2.75, 3.05) is 19.6 Å². The zero-order valence-electron chi connectivity index (χ0n) is 17.5. The largest absolute Gasteiger partial charge is 0.427 e. The number of aromatic nitrogens is 2. The van der Waals surface area contributed by atoms with Crippen LogP contribution in [0, 0.1) is 26.2 Å². The summed E-state index contributed by atoms with van der Waals surface area (Å²) < 4.78 is 7.56. The fourth-order valence-corrected chi connectivity index (χ4v) is 4.28. The van der Waals surface area contributed by atoms with Crippen molar-refractivity contribution in [3.8, 4) is 0 Å². The molecule has 2 aromatic rings. The minimum atomic E-state index is -0.536. The fraction of sp³-hybridized carbons (Fsp3) is 0.591. The van der Waals surface area contributed by atoms with Gasteiger partial charge in [-0.2, -0.15) is 5.10 Å². The van der Waals surface area contributed by atoms with Gasteiger partial charge in [0.15, 0.2) is 0 Å². The van der Waals surface area contributed by atoms with Gasteiger partial charge in [-0.05, 0) is 70.7 Å². The maximum Gasteiger partial charge on any atom is 0.349 e. The lowest BCUT2D eigenvalue weighted by molar-refractivity contribution is 0.0937. The van der Waals surface area contributed by atoms with E-state index in [0.29, 0.717) is 17.9 Å². The SMILES string of the molecule is Cc1cc(C)n(CC2(CNC(=O)c3c(C)cc(C4CCCNC4)oc3=O)CC2)n1. The van der Waals surface area contributed by atoms with Gasteiger partial charge in [0.25, 0.3) is 5.91 Å². The molecule has 4 rings (SSSR count). The Bertz CT molecular complexity index is 965. The Kier molecular flexibility index (Phi) is 5.34. The average molecular weight is 399 g/mol. The van der Waals surface area contributed by atoms with Crippen LogP contribution in [0.5, 0.6) is 0 Å². The summed E-state index contributed by atoms with van der Waals surface area (Å²) in [6.45, 7) is 8.98. The first-order valence-corrected chi connectivity index (χ1v) is 10.5. The van der Waals surface area contributed by atoms with E-state index < -0.39 is 5.63 Å². The number of hydrogen-bond acceptors (Lipinski definition) is 5. The second-order valence-corrected chi connectivity index (χ2v) is 8.80. The van der Waals surface area contributed by atoms with E-state index in [0.717, 1.165) is 56.7 Å². The Morgan fingerprint density at radius 2 is 2.14 bits per heavy atom. The summed E-state index contributed by atoms with van der Waals surface area (Å²) >= 11 is 0. The summed E-state index contributed by atoms with van der Waals surface area (Å²) in [4.78, 5) is 25.3. The van der Waals surface area contributed by atoms with Crippen molar-refractivity contribution in [1.82, 2.24) is 20.4 Å². The molecule has 156 valence electrons. The molecule has 2 aliphatic rings. The minimum absolute atomic E-state index is 0.0285. The van der Waals surface area contributed by atoms with Gasteiger partial charge in [-0.15, -0.1) is 0 Å². The number of hydrogen-bond donors (Lipinski definition) is 2. The quantitative estimate of drug-likeness (QED) is 0.780. The van der Waals surface area contributed by atoms with Crippen molar-refractivity contribution >= 4 is 5.91 Å². The first-order chi connectivity index (χ1) is 13.9. The number of piperidine rings is 1. The zero-order chi connectivity index (χ0) is 20.6. The normalized spacial score (nSPS) is 20.4. The Hall–Kier alpha value is -2.41. The van der Waals surface area contributed by atoms with Crippen LogP contribution in [0.4, 0.5) is 0 Å². The van der Waals surface area contributed by atoms with Gasteiger partial charge in [0.1, 0.15) is 11.3 Å². The molecule has 0 bridgehead atoms. The van der Waals surface area contributed by atoms with Crippen molar-refractivity contribution < 1.29 is 9.21 Å². The highest BCUT2D eigenvalue weighted by atomic mass is 16.4. The lowest BCUT2D eigenvalue weighted by Crippen LogP contribution is -2.36. The molecule has 1 saturated carbocycles. The molecule has 1 atom stereocenters. The molecular weight excluding hydrogens is 368 g/mol. The molecular formula is C22H30N4O3. The molecule has 2 aromatic heterocycles. The number of aryl methyl sites for hydroxylation is 3. The summed E-state index contributed by atoms with van der Waals surface area (Å²) in [5.41, 5.74) is 2.43. The van der Waals surface area contributed by atoms with E-state index in [1.165, 1.54) is 0 Å². The van der Waals surface area contributed by atoms with Crippen LogP contribution < -0.4 is 16.3 Å². The Labute approximate surface area is 170 Å². The van der Waals surface area contributed by atoms with Crippen LogP contribution in [0.2, 0.25) is 0 Å². The van der Waals surface area contributed by atoms with Crippen molar-refractivity contribution in [2.24, 2.45) is 5.41 Å². The van der Waals surface area contributed by atoms with Crippen LogP contribution in [0.3, 0.4) is 0 Å². The summed E-state index contributed by atoms with van der Waals surface area (Å²) in [6.07, 6.45) is 4.16. The Morgan fingerprint density at radius 1 is 1.34 bits per heavy atom. The van der Waals surface area contributed by atoms with Crippen molar-refractivity contribution in [1.29, 1.82) is 0 Å². The van der Waals surface area contributed by atoms with Crippen molar-refractivity contribution in [3.05, 3.63) is 50.8 Å². The smallest absolute Gasteiger partial charge is 0.349 e. The predicted molar refractivity (Wildman–Crippen MR) is 110 cm³/mol. The maximum absolute atomic E-state index is 12.8. The highest BCUT2D eigenvalue weighted by molar-refractivity contribution is 5.95. The summed E-state index contributed by atoms with van der Waals surface area (Å²) in [7, 11) is 0. The van der Waals surface area contributed by atoms with Gasteiger partial charge in [-0.25, -0.2) is 4.79 Å². The number of carbonyl (C=O) groups is 1. The van der Waals surface area contributed by atoms with Crippen molar-refractivity contribution in [2.45, 2.75) is 58.9 Å². The van der Waals surface area contributed by atoms with Crippen molar-refractivity contribution in [3.63, 3.8) is 0 Å². The number of nitrogens with zero attached hydrogens (tertiary/aromatic N) is 2. The van der Waals surface area contributed by atoms with Gasteiger partial charge >= 0.3 is 5.63 Å². The van der Waals surface area contributed by atoms with Crippen LogP contribution in [0.25, 0.3) is 0 Å². The number of nitrogens with one attached hydrogen (secondary N) is 2. The standard InChI is InChI=1S/C22H30N4O3/c1-14-9-18(17-5-4-8-23-11-17)29-21(28)19(14)20(27)24-12-22(6-7-22)13-26-16(3)10-15(2)25-26/h9-10,17,23H,4-8,11-13H2,1-3H3,(H,24,27). The average Bonchev–Trinajstić information content (AvgIpc) is 3.38. The topological polar surface area (TPSA) is 89.2 Å². The third-order valence-electron chi connectivity index (χ3n) is 6.26. The molecule has 7 heteroatoms. The van der Waals surface area contributed by atoms with E-state index in [4.69, 9.17) is 4.42 Å². The van der Waals surface area contributed by atoms with Gasteiger partial charge in [-0.3, -0.25) is 9.48 Å². The number of rotatable bonds is 6. The Balaban J connectivity index is 1.43. The molecule has 1 aliphatic carbocycles. The van der Waals surface area contributed by atoms with E-state index in [9.17, 15) is 9.59 Å². The summed E-state index contributed by atoms with van der Waals surface area (Å²) in [5, 5.41) is 10.8. The van der Waals surface area contributed by atoms with Gasteiger partial charge in [0, 0.05) is 36.7 Å². The van der Waals surface area contributed by atoms with E-state index in [1.54, 1.807) is 0 Å². The second-order valence-electron chi connectivity index (χ2n) is 8.80. The maximum atomic E-state index is 12.8. The molecule has 0 aromatic carbocycles. The summed E-state index contributed by atoms with van der Waals surface area (Å²) in [5.74, 6) is 0.534. The molecule has 29 heavy (non-hydrogen) atoms. The molecule has 3 heterocycles. The van der Waals surface area contributed by atoms with Gasteiger partial charge in [0.2, 0.25) is 0 Å². The van der Waals surface area contributed by atoms with Crippen LogP contribution in [-0.4, -0.2) is 35.3 Å². The second kappa shape index (κ2) is 7.78. The van der Waals surface area contributed by atoms with Gasteiger partial charge in [-0.1, -0.05) is 0 Å². The van der Waals surface area contributed by atoms with E-state index in [2.05, 4.69) is 21.8 Å². The third-order valence-corrected chi connectivity index (χ3v) is 6.26. The van der Waals surface area contributed by atoms with E-state index in [-0.39, 0.29) is 22.8 Å².